The lowest BCUT2D eigenvalue weighted by atomic mass is 10.2. The van der Waals surface area contributed by atoms with Crippen LogP contribution in [0.3, 0.4) is 0 Å². The number of methoxy groups -OCH3 is 1. The topological polar surface area (TPSA) is 18.5 Å². The summed E-state index contributed by atoms with van der Waals surface area (Å²) >= 11 is 0. The number of hydrogen-bond donors (Lipinski definition) is 0. The molecule has 0 aliphatic heterocycles. The monoisotopic (exact) mass is 204 g/mol. The number of rotatable bonds is 8. The van der Waals surface area contributed by atoms with E-state index in [0.29, 0.717) is 0 Å². The second-order valence-electron chi connectivity index (χ2n) is 4.67. The molecular weight excluding hydrogens is 180 g/mol. The van der Waals surface area contributed by atoms with Crippen molar-refractivity contribution in [3.63, 3.8) is 0 Å². The van der Waals surface area contributed by atoms with E-state index in [9.17, 15) is 0 Å². The van der Waals surface area contributed by atoms with Crippen LogP contribution in [0.5, 0.6) is 0 Å². The first-order chi connectivity index (χ1) is 6.06. The van der Waals surface area contributed by atoms with Gasteiger partial charge in [0.2, 0.25) is 0 Å². The zero-order valence-corrected chi connectivity index (χ0v) is 10.6. The Kier molecular flexibility index (Phi) is 7.61. The fourth-order valence-corrected chi connectivity index (χ4v) is 1.76. The van der Waals surface area contributed by atoms with Crippen molar-refractivity contribution in [3.8, 4) is 0 Å². The molecule has 0 atom stereocenters. The molecule has 0 aliphatic rings. The zero-order chi connectivity index (χ0) is 10.2. The van der Waals surface area contributed by atoms with Gasteiger partial charge in [-0.2, -0.15) is 0 Å². The minimum atomic E-state index is -0.980. The van der Waals surface area contributed by atoms with Crippen molar-refractivity contribution in [2.45, 2.75) is 38.9 Å². The van der Waals surface area contributed by atoms with E-state index in [-0.39, 0.29) is 0 Å². The highest BCUT2D eigenvalue weighted by molar-refractivity contribution is 6.76. The van der Waals surface area contributed by atoms with Crippen LogP contribution in [-0.2, 0) is 9.47 Å². The summed E-state index contributed by atoms with van der Waals surface area (Å²) in [5.74, 6) is 0. The van der Waals surface area contributed by atoms with Gasteiger partial charge in [-0.1, -0.05) is 19.6 Å². The van der Waals surface area contributed by atoms with Gasteiger partial charge in [0.05, 0.1) is 8.07 Å². The summed E-state index contributed by atoms with van der Waals surface area (Å²) < 4.78 is 10.6. The van der Waals surface area contributed by atoms with E-state index in [1.807, 2.05) is 0 Å². The van der Waals surface area contributed by atoms with Crippen molar-refractivity contribution in [2.75, 3.05) is 26.6 Å². The third-order valence-corrected chi connectivity index (χ3v) is 2.74. The van der Waals surface area contributed by atoms with Gasteiger partial charge in [0, 0.05) is 26.6 Å². The fourth-order valence-electron chi connectivity index (χ4n) is 1.01. The second-order valence-corrected chi connectivity index (χ2v) is 10.1. The van der Waals surface area contributed by atoms with Crippen LogP contribution in [0, 0.1) is 0 Å². The molecule has 0 fully saturated rings. The molecule has 2 nitrogen and oxygen atoms in total. The summed E-state index contributed by atoms with van der Waals surface area (Å²) in [6.07, 6.45) is 4.55. The molecule has 0 radical (unpaired) electrons. The largest absolute Gasteiger partial charge is 0.385 e. The molecule has 0 N–H and O–H groups in total. The average Bonchev–Trinajstić information content (AvgIpc) is 2.01. The lowest BCUT2D eigenvalue weighted by molar-refractivity contribution is 0.158. The Morgan fingerprint density at radius 2 is 1.54 bits per heavy atom. The summed E-state index contributed by atoms with van der Waals surface area (Å²) in [6, 6.07) is 0. The third-order valence-electron chi connectivity index (χ3n) is 1.67. The van der Waals surface area contributed by atoms with Crippen molar-refractivity contribution < 1.29 is 9.47 Å². The van der Waals surface area contributed by atoms with Crippen molar-refractivity contribution in [2.24, 2.45) is 0 Å². The van der Waals surface area contributed by atoms with Gasteiger partial charge in [-0.15, -0.1) is 0 Å². The summed E-state index contributed by atoms with van der Waals surface area (Å²) in [6.45, 7) is 8.80. The normalized spacial score (nSPS) is 12.0. The fraction of sp³-hybridized carbons (Fsp3) is 1.00. The van der Waals surface area contributed by atoms with Crippen molar-refractivity contribution >= 4 is 8.07 Å². The summed E-state index contributed by atoms with van der Waals surface area (Å²) in [5.41, 5.74) is 0. The van der Waals surface area contributed by atoms with E-state index in [1.165, 1.54) is 12.8 Å². The quantitative estimate of drug-likeness (QED) is 0.447. The Balaban J connectivity index is 3.00. The lowest BCUT2D eigenvalue weighted by Crippen LogP contribution is -2.28. The molecule has 3 heteroatoms. The van der Waals surface area contributed by atoms with Crippen molar-refractivity contribution in [1.29, 1.82) is 0 Å². The number of ether oxygens (including phenoxy) is 2. The first kappa shape index (κ1) is 13.1. The maximum Gasteiger partial charge on any atom is 0.0746 e. The predicted octanol–water partition coefficient (Wildman–Crippen LogP) is 2.70. The minimum absolute atomic E-state index is 0.883. The van der Waals surface area contributed by atoms with E-state index < -0.39 is 8.07 Å². The molecule has 0 amide bonds. The molecule has 0 unspecified atom stereocenters. The molecule has 0 bridgehead atoms. The molecule has 0 spiro atoms. The molecule has 0 aliphatic carbocycles. The van der Waals surface area contributed by atoms with Crippen LogP contribution in [0.15, 0.2) is 0 Å². The Bertz CT molecular complexity index is 110. The average molecular weight is 204 g/mol. The van der Waals surface area contributed by atoms with E-state index in [1.54, 1.807) is 7.11 Å². The number of hydrogen-bond acceptors (Lipinski definition) is 2. The van der Waals surface area contributed by atoms with Crippen molar-refractivity contribution in [1.82, 2.24) is 0 Å². The minimum Gasteiger partial charge on any atom is -0.385 e. The number of unbranched alkanes of at least 4 members (excludes halogenated alkanes) is 2. The first-order valence-corrected chi connectivity index (χ1v) is 8.83. The van der Waals surface area contributed by atoms with Crippen LogP contribution in [0.25, 0.3) is 0 Å². The highest BCUT2D eigenvalue weighted by Crippen LogP contribution is 2.02. The first-order valence-electron chi connectivity index (χ1n) is 5.13. The van der Waals surface area contributed by atoms with Gasteiger partial charge in [-0.3, -0.25) is 0 Å². The molecule has 0 saturated carbocycles. The summed E-state index contributed by atoms with van der Waals surface area (Å²) in [4.78, 5) is 0. The van der Waals surface area contributed by atoms with Gasteiger partial charge in [0.25, 0.3) is 0 Å². The van der Waals surface area contributed by atoms with Gasteiger partial charge < -0.3 is 9.47 Å². The maximum atomic E-state index is 5.60. The van der Waals surface area contributed by atoms with E-state index >= 15 is 0 Å². The van der Waals surface area contributed by atoms with Crippen LogP contribution in [0.2, 0.25) is 19.6 Å². The van der Waals surface area contributed by atoms with Crippen LogP contribution in [0.1, 0.15) is 19.3 Å². The molecule has 80 valence electrons. The van der Waals surface area contributed by atoms with Gasteiger partial charge in [0.15, 0.2) is 0 Å². The smallest absolute Gasteiger partial charge is 0.0746 e. The molecule has 0 rings (SSSR count). The third kappa shape index (κ3) is 12.1. The molecule has 0 aromatic carbocycles. The maximum absolute atomic E-state index is 5.60. The summed E-state index contributed by atoms with van der Waals surface area (Å²) in [7, 11) is 0.772. The molecule has 0 saturated heterocycles. The van der Waals surface area contributed by atoms with E-state index in [2.05, 4.69) is 19.6 Å². The highest BCUT2D eigenvalue weighted by atomic mass is 28.3. The SMILES string of the molecule is COCCCCCOC[Si](C)(C)C. The molecular formula is C10H24O2Si. The van der Waals surface area contributed by atoms with Gasteiger partial charge in [-0.25, -0.2) is 0 Å². The van der Waals surface area contributed by atoms with Crippen LogP contribution in [-0.4, -0.2) is 34.6 Å². The predicted molar refractivity (Wildman–Crippen MR) is 59.9 cm³/mol. The lowest BCUT2D eigenvalue weighted by Gasteiger charge is -2.15. The second kappa shape index (κ2) is 7.53. The highest BCUT2D eigenvalue weighted by Gasteiger charge is 2.12. The van der Waals surface area contributed by atoms with E-state index in [0.717, 1.165) is 25.9 Å². The van der Waals surface area contributed by atoms with Crippen molar-refractivity contribution in [3.05, 3.63) is 0 Å². The Morgan fingerprint density at radius 1 is 0.923 bits per heavy atom. The van der Waals surface area contributed by atoms with Gasteiger partial charge in [0.1, 0.15) is 0 Å². The van der Waals surface area contributed by atoms with Gasteiger partial charge in [-0.05, 0) is 19.3 Å². The zero-order valence-electron chi connectivity index (χ0n) is 9.56. The Hall–Kier alpha value is 0.137. The molecule has 0 aromatic heterocycles. The summed E-state index contributed by atoms with van der Waals surface area (Å²) in [5, 5.41) is 0. The van der Waals surface area contributed by atoms with Crippen LogP contribution >= 0.6 is 0 Å². The van der Waals surface area contributed by atoms with Crippen LogP contribution < -0.4 is 0 Å². The standard InChI is InChI=1S/C10H24O2Si/c1-11-8-6-5-7-9-12-10-13(2,3)4/h5-10H2,1-4H3. The molecule has 0 heterocycles. The van der Waals surface area contributed by atoms with Crippen LogP contribution in [0.4, 0.5) is 0 Å². The Labute approximate surface area is 83.6 Å². The molecule has 13 heavy (non-hydrogen) atoms. The molecule has 0 aromatic rings. The van der Waals surface area contributed by atoms with Gasteiger partial charge >= 0.3 is 0 Å². The Morgan fingerprint density at radius 3 is 2.08 bits per heavy atom. The van der Waals surface area contributed by atoms with E-state index in [4.69, 9.17) is 9.47 Å².